The van der Waals surface area contributed by atoms with Crippen LogP contribution in [0.3, 0.4) is 0 Å². The number of aliphatic hydroxyl groups excluding tert-OH is 1. The van der Waals surface area contributed by atoms with E-state index in [0.29, 0.717) is 27.0 Å². The lowest BCUT2D eigenvalue weighted by Gasteiger charge is -2.07. The number of methoxy groups -OCH3 is 1. The zero-order valence-corrected chi connectivity index (χ0v) is 16.6. The van der Waals surface area contributed by atoms with Crippen molar-refractivity contribution in [3.63, 3.8) is 0 Å². The quantitative estimate of drug-likeness (QED) is 0.457. The van der Waals surface area contributed by atoms with E-state index in [0.717, 1.165) is 0 Å². The highest BCUT2D eigenvalue weighted by molar-refractivity contribution is 9.10. The van der Waals surface area contributed by atoms with E-state index in [2.05, 4.69) is 36.3 Å². The molecule has 1 amide bonds. The lowest BCUT2D eigenvalue weighted by Crippen LogP contribution is -2.16. The Labute approximate surface area is 167 Å². The summed E-state index contributed by atoms with van der Waals surface area (Å²) in [6, 6.07) is 4.85. The molecule has 0 saturated carbocycles. The number of carbonyl (C=O) groups is 2. The van der Waals surface area contributed by atoms with Crippen LogP contribution in [0, 0.1) is 6.92 Å². The van der Waals surface area contributed by atoms with Gasteiger partial charge in [0.05, 0.1) is 36.0 Å². The fourth-order valence-electron chi connectivity index (χ4n) is 2.77. The van der Waals surface area contributed by atoms with E-state index < -0.39 is 5.91 Å². The summed E-state index contributed by atoms with van der Waals surface area (Å²) in [7, 11) is 1.52. The maximum atomic E-state index is 13.1. The third kappa shape index (κ3) is 3.53. The van der Waals surface area contributed by atoms with E-state index >= 15 is 0 Å². The zero-order chi connectivity index (χ0) is 20.4. The van der Waals surface area contributed by atoms with Crippen molar-refractivity contribution < 1.29 is 19.4 Å². The van der Waals surface area contributed by atoms with Crippen LogP contribution in [-0.2, 0) is 6.54 Å². The SMILES string of the molecule is COc1ccc(C(=O)c2c(C(N)=O)[nH]c(-c3nnn(CCO)n3)c2C)cc1Br. The topological polar surface area (TPSA) is 149 Å². The summed E-state index contributed by atoms with van der Waals surface area (Å²) in [6.07, 6.45) is 0. The number of H-pyrrole nitrogens is 1. The minimum absolute atomic E-state index is 0.0389. The molecule has 0 saturated heterocycles. The van der Waals surface area contributed by atoms with Gasteiger partial charge in [-0.1, -0.05) is 0 Å². The monoisotopic (exact) mass is 448 g/mol. The average molecular weight is 449 g/mol. The number of hydrogen-bond donors (Lipinski definition) is 3. The molecule has 0 aliphatic rings. The van der Waals surface area contributed by atoms with Gasteiger partial charge < -0.3 is 20.6 Å². The second kappa shape index (κ2) is 7.90. The Morgan fingerprint density at radius 2 is 2.14 bits per heavy atom. The van der Waals surface area contributed by atoms with Crippen molar-refractivity contribution >= 4 is 27.6 Å². The van der Waals surface area contributed by atoms with Gasteiger partial charge in [-0.15, -0.1) is 10.2 Å². The first kappa shape index (κ1) is 19.7. The van der Waals surface area contributed by atoms with Crippen molar-refractivity contribution in [2.24, 2.45) is 5.73 Å². The Bertz CT molecular complexity index is 1060. The van der Waals surface area contributed by atoms with Crippen LogP contribution in [0.2, 0.25) is 0 Å². The normalized spacial score (nSPS) is 10.9. The van der Waals surface area contributed by atoms with Crippen LogP contribution >= 0.6 is 15.9 Å². The number of nitrogens with zero attached hydrogens (tertiary/aromatic N) is 4. The highest BCUT2D eigenvalue weighted by atomic mass is 79.9. The van der Waals surface area contributed by atoms with Gasteiger partial charge in [0.2, 0.25) is 5.82 Å². The fraction of sp³-hybridized carbons (Fsp3) is 0.235. The molecule has 0 bridgehead atoms. The maximum absolute atomic E-state index is 13.1. The summed E-state index contributed by atoms with van der Waals surface area (Å²) in [5, 5.41) is 20.8. The lowest BCUT2D eigenvalue weighted by molar-refractivity contribution is 0.0977. The number of aromatic amines is 1. The minimum atomic E-state index is -0.784. The number of amides is 1. The number of nitrogens with two attached hydrogens (primary N) is 1. The summed E-state index contributed by atoms with van der Waals surface area (Å²) in [5.74, 6) is -0.417. The third-order valence-corrected chi connectivity index (χ3v) is 4.73. The summed E-state index contributed by atoms with van der Waals surface area (Å²) in [6.45, 7) is 1.68. The largest absolute Gasteiger partial charge is 0.496 e. The molecule has 0 radical (unpaired) electrons. The third-order valence-electron chi connectivity index (χ3n) is 4.11. The molecule has 3 aromatic rings. The molecule has 0 unspecified atom stereocenters. The highest BCUT2D eigenvalue weighted by Gasteiger charge is 2.27. The highest BCUT2D eigenvalue weighted by Crippen LogP contribution is 2.30. The van der Waals surface area contributed by atoms with Gasteiger partial charge in [0.1, 0.15) is 11.4 Å². The first-order valence-corrected chi connectivity index (χ1v) is 8.96. The van der Waals surface area contributed by atoms with Crippen molar-refractivity contribution in [3.8, 4) is 17.3 Å². The van der Waals surface area contributed by atoms with Gasteiger partial charge in [-0.05, 0) is 51.8 Å². The second-order valence-corrected chi connectivity index (χ2v) is 6.70. The molecule has 2 heterocycles. The van der Waals surface area contributed by atoms with Gasteiger partial charge in [-0.2, -0.15) is 4.80 Å². The number of tetrazole rings is 1. The molecule has 11 heteroatoms. The Kier molecular flexibility index (Phi) is 5.56. The predicted molar refractivity (Wildman–Crippen MR) is 102 cm³/mol. The van der Waals surface area contributed by atoms with Crippen molar-refractivity contribution in [1.82, 2.24) is 25.2 Å². The number of nitrogens with one attached hydrogen (secondary N) is 1. The van der Waals surface area contributed by atoms with Crippen LogP contribution in [0.15, 0.2) is 22.7 Å². The number of aliphatic hydroxyl groups is 1. The Balaban J connectivity index is 2.09. The number of aromatic nitrogens is 5. The fourth-order valence-corrected chi connectivity index (χ4v) is 3.31. The Hall–Kier alpha value is -3.05. The molecule has 0 aliphatic carbocycles. The molecule has 28 heavy (non-hydrogen) atoms. The summed E-state index contributed by atoms with van der Waals surface area (Å²) in [5.41, 5.74) is 6.74. The summed E-state index contributed by atoms with van der Waals surface area (Å²) >= 11 is 3.35. The number of ether oxygens (including phenoxy) is 1. The van der Waals surface area contributed by atoms with Crippen LogP contribution in [0.1, 0.15) is 32.0 Å². The van der Waals surface area contributed by atoms with Gasteiger partial charge in [-0.3, -0.25) is 9.59 Å². The van der Waals surface area contributed by atoms with E-state index in [1.165, 1.54) is 11.9 Å². The average Bonchev–Trinajstić information content (AvgIpc) is 3.25. The van der Waals surface area contributed by atoms with Crippen molar-refractivity contribution in [1.29, 1.82) is 0 Å². The van der Waals surface area contributed by atoms with E-state index in [-0.39, 0.29) is 36.0 Å². The van der Waals surface area contributed by atoms with Gasteiger partial charge in [0.25, 0.3) is 5.91 Å². The van der Waals surface area contributed by atoms with E-state index in [4.69, 9.17) is 15.6 Å². The molecule has 2 aromatic heterocycles. The lowest BCUT2D eigenvalue weighted by atomic mass is 9.99. The molecule has 146 valence electrons. The van der Waals surface area contributed by atoms with Crippen LogP contribution in [0.5, 0.6) is 5.75 Å². The van der Waals surface area contributed by atoms with Crippen molar-refractivity contribution in [2.45, 2.75) is 13.5 Å². The zero-order valence-electron chi connectivity index (χ0n) is 15.1. The second-order valence-electron chi connectivity index (χ2n) is 5.85. The number of benzene rings is 1. The number of rotatable bonds is 7. The van der Waals surface area contributed by atoms with Gasteiger partial charge in [0, 0.05) is 5.56 Å². The standard InChI is InChI=1S/C17H17BrN6O4/c1-8-12(15(26)9-3-4-11(28-2)10(18)7-9)14(16(19)27)20-13(8)17-21-23-24(22-17)5-6-25/h3-4,7,20,25H,5-6H2,1-2H3,(H2,19,27). The molecule has 0 atom stereocenters. The van der Waals surface area contributed by atoms with Crippen LogP contribution in [0.4, 0.5) is 0 Å². The van der Waals surface area contributed by atoms with Crippen molar-refractivity contribution in [3.05, 3.63) is 45.1 Å². The number of primary amides is 1. The molecular weight excluding hydrogens is 432 g/mol. The van der Waals surface area contributed by atoms with Gasteiger partial charge in [0.15, 0.2) is 5.78 Å². The van der Waals surface area contributed by atoms with Gasteiger partial charge >= 0.3 is 0 Å². The number of carbonyl (C=O) groups excluding carboxylic acids is 2. The molecule has 0 spiro atoms. The molecule has 3 rings (SSSR count). The first-order valence-electron chi connectivity index (χ1n) is 8.17. The number of hydrogen-bond acceptors (Lipinski definition) is 7. The minimum Gasteiger partial charge on any atom is -0.496 e. The molecule has 1 aromatic carbocycles. The van der Waals surface area contributed by atoms with Crippen LogP contribution < -0.4 is 10.5 Å². The Morgan fingerprint density at radius 3 is 2.75 bits per heavy atom. The Morgan fingerprint density at radius 1 is 1.39 bits per heavy atom. The smallest absolute Gasteiger partial charge is 0.265 e. The maximum Gasteiger partial charge on any atom is 0.265 e. The summed E-state index contributed by atoms with van der Waals surface area (Å²) < 4.78 is 5.77. The van der Waals surface area contributed by atoms with E-state index in [1.54, 1.807) is 25.1 Å². The molecule has 0 aliphatic heterocycles. The number of halogens is 1. The molecular formula is C17H17BrN6O4. The summed E-state index contributed by atoms with van der Waals surface area (Å²) in [4.78, 5) is 29.1. The van der Waals surface area contributed by atoms with Crippen LogP contribution in [0.25, 0.3) is 11.5 Å². The molecule has 10 nitrogen and oxygen atoms in total. The predicted octanol–water partition coefficient (Wildman–Crippen LogP) is 1.07. The molecule has 0 fully saturated rings. The van der Waals surface area contributed by atoms with E-state index in [1.807, 2.05) is 0 Å². The van der Waals surface area contributed by atoms with E-state index in [9.17, 15) is 9.59 Å². The number of ketones is 1. The van der Waals surface area contributed by atoms with Crippen LogP contribution in [-0.4, -0.2) is 55.7 Å². The van der Waals surface area contributed by atoms with Gasteiger partial charge in [-0.25, -0.2) is 0 Å². The van der Waals surface area contributed by atoms with Crippen molar-refractivity contribution in [2.75, 3.05) is 13.7 Å². The molecule has 4 N–H and O–H groups in total. The first-order chi connectivity index (χ1) is 13.4.